The van der Waals surface area contributed by atoms with E-state index in [2.05, 4.69) is 4.90 Å². The Balaban J connectivity index is 1.50. The van der Waals surface area contributed by atoms with Gasteiger partial charge in [0, 0.05) is 19.6 Å². The molecule has 3 aliphatic rings. The fourth-order valence-corrected chi connectivity index (χ4v) is 3.16. The van der Waals surface area contributed by atoms with Gasteiger partial charge < -0.3 is 19.3 Å². The highest BCUT2D eigenvalue weighted by Crippen LogP contribution is 2.13. The summed E-state index contributed by atoms with van der Waals surface area (Å²) in [6, 6.07) is 0. The Morgan fingerprint density at radius 3 is 1.96 bits per heavy atom. The topological polar surface area (TPSA) is 107 Å². The number of β-amino-alcohol motifs (C(OH)–C–C–N with tert-alkyl or cyclic N) is 1. The molecule has 0 bridgehead atoms. The maximum absolute atomic E-state index is 12.7. The van der Waals surface area contributed by atoms with Crippen LogP contribution in [0, 0.1) is 0 Å². The number of aliphatic hydroxyl groups is 1. The molecule has 4 rings (SSSR count). The van der Waals surface area contributed by atoms with E-state index in [0.717, 1.165) is 17.7 Å². The molecule has 1 aromatic rings. The molecule has 10 nitrogen and oxygen atoms in total. The molecule has 4 heterocycles. The molecule has 0 aromatic carbocycles. The molecule has 3 aliphatic heterocycles. The first-order chi connectivity index (χ1) is 12.1. The summed E-state index contributed by atoms with van der Waals surface area (Å²) in [6.07, 6.45) is -0.822. The van der Waals surface area contributed by atoms with Crippen molar-refractivity contribution in [3.8, 4) is 0 Å². The molecule has 0 spiro atoms. The zero-order valence-corrected chi connectivity index (χ0v) is 14.1. The van der Waals surface area contributed by atoms with Gasteiger partial charge in [0.05, 0.1) is 52.2 Å². The Labute approximate surface area is 144 Å². The molecule has 0 saturated carbocycles. The minimum Gasteiger partial charge on any atom is -0.390 e. The molecule has 0 radical (unpaired) electrons. The minimum absolute atomic E-state index is 0.0148. The van der Waals surface area contributed by atoms with Crippen LogP contribution in [-0.2, 0) is 33.8 Å². The lowest BCUT2D eigenvalue weighted by atomic mass is 10.3. The highest BCUT2D eigenvalue weighted by Gasteiger charge is 2.31. The van der Waals surface area contributed by atoms with Crippen LogP contribution in [0.1, 0.15) is 0 Å². The fraction of sp³-hybridized carbons (Fsp3) is 0.867. The van der Waals surface area contributed by atoms with Crippen molar-refractivity contribution in [2.24, 2.45) is 0 Å². The molecule has 10 heteroatoms. The van der Waals surface area contributed by atoms with E-state index in [1.54, 1.807) is 0 Å². The maximum atomic E-state index is 12.7. The van der Waals surface area contributed by atoms with Gasteiger partial charge in [-0.2, -0.15) is 0 Å². The predicted molar refractivity (Wildman–Crippen MR) is 85.7 cm³/mol. The summed E-state index contributed by atoms with van der Waals surface area (Å²) in [5.41, 5.74) is -0.802. The van der Waals surface area contributed by atoms with E-state index < -0.39 is 17.5 Å². The van der Waals surface area contributed by atoms with Crippen LogP contribution in [0.2, 0.25) is 0 Å². The molecule has 3 atom stereocenters. The monoisotopic (exact) mass is 356 g/mol. The molecule has 0 aliphatic carbocycles. The molecule has 0 amide bonds. The Hall–Kier alpha value is -1.46. The molecule has 140 valence electrons. The van der Waals surface area contributed by atoms with Gasteiger partial charge in [-0.25, -0.2) is 23.5 Å². The van der Waals surface area contributed by atoms with E-state index in [0.29, 0.717) is 46.1 Å². The summed E-state index contributed by atoms with van der Waals surface area (Å²) in [4.78, 5) is 27.4. The van der Waals surface area contributed by atoms with Crippen LogP contribution in [0.5, 0.6) is 0 Å². The summed E-state index contributed by atoms with van der Waals surface area (Å²) in [6.45, 7) is 5.08. The van der Waals surface area contributed by atoms with Crippen molar-refractivity contribution in [2.45, 2.75) is 37.9 Å². The normalized spacial score (nSPS) is 27.4. The quantitative estimate of drug-likeness (QED) is 0.505. The average molecular weight is 356 g/mol. The Morgan fingerprint density at radius 1 is 0.960 bits per heavy atom. The van der Waals surface area contributed by atoms with Crippen LogP contribution in [0.15, 0.2) is 9.59 Å². The summed E-state index contributed by atoms with van der Waals surface area (Å²) in [5, 5.41) is 10.3. The third kappa shape index (κ3) is 4.04. The van der Waals surface area contributed by atoms with E-state index in [1.165, 1.54) is 9.36 Å². The van der Waals surface area contributed by atoms with Gasteiger partial charge in [-0.05, 0) is 0 Å². The lowest BCUT2D eigenvalue weighted by molar-refractivity contribution is 0.0111. The van der Waals surface area contributed by atoms with Crippen LogP contribution >= 0.6 is 0 Å². The van der Waals surface area contributed by atoms with Crippen molar-refractivity contribution in [1.29, 1.82) is 0 Å². The predicted octanol–water partition coefficient (Wildman–Crippen LogP) is -2.70. The zero-order valence-electron chi connectivity index (χ0n) is 14.1. The third-order valence-corrected chi connectivity index (χ3v) is 4.72. The number of hydrogen-bond acceptors (Lipinski definition) is 7. The van der Waals surface area contributed by atoms with Gasteiger partial charge in [0.25, 0.3) is 0 Å². The molecule has 3 saturated heterocycles. The van der Waals surface area contributed by atoms with Crippen molar-refractivity contribution in [1.82, 2.24) is 18.8 Å². The number of epoxide rings is 2. The first-order valence-corrected chi connectivity index (χ1v) is 8.73. The minimum atomic E-state index is -0.790. The van der Waals surface area contributed by atoms with E-state index >= 15 is 0 Å². The summed E-state index contributed by atoms with van der Waals surface area (Å²) in [7, 11) is 0. The standard InChI is InChI=1S/C15H24N4O6/c20-11(5-16-1-3-23-4-2-16)6-17-14(21)18(7-12-9-24-12)19(15(17)22)8-13-10-25-13/h11-13,20H,1-10H2. The summed E-state index contributed by atoms with van der Waals surface area (Å²) < 4.78 is 19.6. The average Bonchev–Trinajstić information content (AvgIpc) is 3.50. The molecular formula is C15H24N4O6. The van der Waals surface area contributed by atoms with Crippen molar-refractivity contribution in [2.75, 3.05) is 46.1 Å². The number of nitrogens with zero attached hydrogens (tertiary/aromatic N) is 4. The third-order valence-electron chi connectivity index (χ3n) is 4.72. The van der Waals surface area contributed by atoms with Gasteiger partial charge in [0.15, 0.2) is 0 Å². The number of morpholine rings is 1. The number of hydrogen-bond donors (Lipinski definition) is 1. The lowest BCUT2D eigenvalue weighted by Gasteiger charge is -2.28. The summed E-state index contributed by atoms with van der Waals surface area (Å²) >= 11 is 0. The molecule has 1 aromatic heterocycles. The number of rotatable bonds is 8. The van der Waals surface area contributed by atoms with Crippen molar-refractivity contribution < 1.29 is 19.3 Å². The van der Waals surface area contributed by atoms with Crippen LogP contribution < -0.4 is 11.4 Å². The molecule has 3 fully saturated rings. The Morgan fingerprint density at radius 2 is 1.48 bits per heavy atom. The first-order valence-electron chi connectivity index (χ1n) is 8.73. The second-order valence-corrected chi connectivity index (χ2v) is 6.82. The van der Waals surface area contributed by atoms with Crippen LogP contribution in [0.4, 0.5) is 0 Å². The Kier molecular flexibility index (Phi) is 4.78. The molecule has 1 N–H and O–H groups in total. The van der Waals surface area contributed by atoms with E-state index in [4.69, 9.17) is 14.2 Å². The van der Waals surface area contributed by atoms with Crippen LogP contribution in [0.25, 0.3) is 0 Å². The van der Waals surface area contributed by atoms with E-state index in [9.17, 15) is 14.7 Å². The van der Waals surface area contributed by atoms with Gasteiger partial charge in [0.2, 0.25) is 0 Å². The van der Waals surface area contributed by atoms with Crippen LogP contribution in [0.3, 0.4) is 0 Å². The van der Waals surface area contributed by atoms with Gasteiger partial charge in [-0.3, -0.25) is 4.90 Å². The second-order valence-electron chi connectivity index (χ2n) is 6.82. The van der Waals surface area contributed by atoms with Gasteiger partial charge in [-0.15, -0.1) is 0 Å². The second kappa shape index (κ2) is 7.04. The number of ether oxygens (including phenoxy) is 3. The summed E-state index contributed by atoms with van der Waals surface area (Å²) in [5.74, 6) is 0. The maximum Gasteiger partial charge on any atom is 0.347 e. The number of aliphatic hydroxyl groups excluding tert-OH is 1. The first kappa shape index (κ1) is 17.0. The van der Waals surface area contributed by atoms with Crippen molar-refractivity contribution in [3.63, 3.8) is 0 Å². The molecule has 3 unspecified atom stereocenters. The van der Waals surface area contributed by atoms with Gasteiger partial charge in [0.1, 0.15) is 12.2 Å². The van der Waals surface area contributed by atoms with E-state index in [1.807, 2.05) is 0 Å². The van der Waals surface area contributed by atoms with Crippen LogP contribution in [-0.4, -0.2) is 88.3 Å². The highest BCUT2D eigenvalue weighted by atomic mass is 16.6. The lowest BCUT2D eigenvalue weighted by Crippen LogP contribution is -2.44. The molecular weight excluding hydrogens is 332 g/mol. The van der Waals surface area contributed by atoms with Gasteiger partial charge in [-0.1, -0.05) is 0 Å². The highest BCUT2D eigenvalue weighted by molar-refractivity contribution is 4.83. The fourth-order valence-electron chi connectivity index (χ4n) is 3.16. The SMILES string of the molecule is O=c1n(CC(O)CN2CCOCC2)c(=O)n(CC2CO2)n1CC1CO1. The largest absolute Gasteiger partial charge is 0.390 e. The molecule has 25 heavy (non-hydrogen) atoms. The number of aromatic nitrogens is 3. The Bertz CT molecular complexity index is 665. The van der Waals surface area contributed by atoms with Crippen molar-refractivity contribution in [3.05, 3.63) is 21.0 Å². The van der Waals surface area contributed by atoms with E-state index in [-0.39, 0.29) is 18.8 Å². The smallest absolute Gasteiger partial charge is 0.347 e. The van der Waals surface area contributed by atoms with Gasteiger partial charge >= 0.3 is 11.4 Å². The van der Waals surface area contributed by atoms with Crippen molar-refractivity contribution >= 4 is 0 Å². The zero-order chi connectivity index (χ0) is 17.4.